The number of fused-ring (bicyclic) bond motifs is 6. The molecule has 2 saturated heterocycles. The van der Waals surface area contributed by atoms with E-state index in [4.69, 9.17) is 0 Å². The molecule has 1 N–H and O–H groups in total. The molecule has 0 bridgehead atoms. The number of hydrogen-bond donors (Lipinski definition) is 1. The normalized spacial score (nSPS) is 19.8. The van der Waals surface area contributed by atoms with Crippen LogP contribution < -0.4 is 5.69 Å². The molecule has 2 amide bonds. The van der Waals surface area contributed by atoms with Gasteiger partial charge < -0.3 is 14.8 Å². The zero-order valence-corrected chi connectivity index (χ0v) is 25.8. The highest BCUT2D eigenvalue weighted by atomic mass is 32.2. The molecule has 1 atom stereocenters. The molecule has 43 heavy (non-hydrogen) atoms. The van der Waals surface area contributed by atoms with Crippen LogP contribution in [-0.2, 0) is 14.5 Å². The molecule has 0 radical (unpaired) electrons. The summed E-state index contributed by atoms with van der Waals surface area (Å²) in [6, 6.07) is 24.6. The second kappa shape index (κ2) is 10.4. The van der Waals surface area contributed by atoms with E-state index in [-0.39, 0.29) is 36.8 Å². The third-order valence-corrected chi connectivity index (χ3v) is 11.0. The molecule has 1 unspecified atom stereocenters. The van der Waals surface area contributed by atoms with Gasteiger partial charge in [-0.2, -0.15) is 0 Å². The van der Waals surface area contributed by atoms with Crippen LogP contribution >= 0.6 is 11.8 Å². The number of amides is 2. The number of nitrogens with one attached hydrogen (secondary N) is 1. The lowest BCUT2D eigenvalue weighted by molar-refractivity contribution is -0.137. The Labute approximate surface area is 257 Å². The fourth-order valence-electron chi connectivity index (χ4n) is 7.18. The van der Waals surface area contributed by atoms with Gasteiger partial charge in [0.2, 0.25) is 11.8 Å². The number of hydrogen-bond acceptors (Lipinski definition) is 4. The molecule has 1 aliphatic carbocycles. The number of para-hydroxylation sites is 2. The molecule has 7 nitrogen and oxygen atoms in total. The van der Waals surface area contributed by atoms with Gasteiger partial charge in [-0.05, 0) is 47.9 Å². The molecular weight excluding hydrogens is 556 g/mol. The minimum absolute atomic E-state index is 0. The van der Waals surface area contributed by atoms with Crippen LogP contribution in [0.1, 0.15) is 65.0 Å². The van der Waals surface area contributed by atoms with E-state index < -0.39 is 10.1 Å². The lowest BCUT2D eigenvalue weighted by Gasteiger charge is -2.37. The topological polar surface area (TPSA) is 78.4 Å². The Kier molecular flexibility index (Phi) is 6.80. The Morgan fingerprint density at radius 3 is 2.19 bits per heavy atom. The number of rotatable bonds is 5. The van der Waals surface area contributed by atoms with Crippen LogP contribution in [0.25, 0.3) is 22.2 Å². The summed E-state index contributed by atoms with van der Waals surface area (Å²) >= 11 is 1.65. The van der Waals surface area contributed by atoms with Crippen molar-refractivity contribution in [3.63, 3.8) is 0 Å². The minimum Gasteiger partial charge on any atom is -0.342 e. The van der Waals surface area contributed by atoms with Gasteiger partial charge in [-0.1, -0.05) is 81.4 Å². The molecule has 2 aliphatic heterocycles. The Bertz CT molecular complexity index is 1740. The Balaban J connectivity index is 0.00000343. The van der Waals surface area contributed by atoms with Gasteiger partial charge in [-0.3, -0.25) is 14.2 Å². The molecule has 3 aromatic carbocycles. The predicted molar refractivity (Wildman–Crippen MR) is 174 cm³/mol. The monoisotopic (exact) mass is 596 g/mol. The Hall–Kier alpha value is -3.78. The summed E-state index contributed by atoms with van der Waals surface area (Å²) in [5.41, 5.74) is 6.32. The Morgan fingerprint density at radius 2 is 1.53 bits per heavy atom. The average molecular weight is 597 g/mol. The fourth-order valence-corrected chi connectivity index (χ4v) is 8.96. The van der Waals surface area contributed by atoms with Gasteiger partial charge in [0.25, 0.3) is 0 Å². The van der Waals surface area contributed by atoms with Gasteiger partial charge in [-0.25, -0.2) is 4.79 Å². The fraction of sp³-hybridized carbons (Fsp3) is 0.400. The van der Waals surface area contributed by atoms with Crippen molar-refractivity contribution < 1.29 is 11.0 Å². The van der Waals surface area contributed by atoms with Crippen molar-refractivity contribution in [2.24, 2.45) is 5.41 Å². The molecule has 1 spiro atoms. The number of benzene rings is 3. The number of thioether (sulfide) groups is 1. The molecule has 4 aromatic rings. The number of H-pyrrole nitrogens is 1. The summed E-state index contributed by atoms with van der Waals surface area (Å²) in [7, 11) is 0. The van der Waals surface area contributed by atoms with E-state index in [2.05, 4.69) is 79.2 Å². The van der Waals surface area contributed by atoms with E-state index in [0.717, 1.165) is 28.6 Å². The highest BCUT2D eigenvalue weighted by molar-refractivity contribution is 8.02. The number of aromatic nitrogens is 2. The van der Waals surface area contributed by atoms with Gasteiger partial charge in [0.05, 0.1) is 16.3 Å². The molecule has 0 saturated carbocycles. The molecule has 3 heterocycles. The summed E-state index contributed by atoms with van der Waals surface area (Å²) in [4.78, 5) is 47.1. The molecule has 8 heteroatoms. The van der Waals surface area contributed by atoms with Gasteiger partial charge in [0.15, 0.2) is 0 Å². The second-order valence-corrected chi connectivity index (χ2v) is 14.7. The maximum Gasteiger partial charge on any atom is 0.326 e. The number of carbonyl (C=O) groups excluding carboxylic acids is 2. The largest absolute Gasteiger partial charge is 0.342 e. The molecule has 2 fully saturated rings. The number of piperidine rings is 1. The first-order valence-corrected chi connectivity index (χ1v) is 16.2. The van der Waals surface area contributed by atoms with Crippen LogP contribution in [0.15, 0.2) is 77.6 Å². The van der Waals surface area contributed by atoms with Crippen molar-refractivity contribution in [2.75, 3.05) is 19.6 Å². The quantitative estimate of drug-likeness (QED) is 0.290. The average Bonchev–Trinajstić information content (AvgIpc) is 3.58. The smallest absolute Gasteiger partial charge is 0.326 e. The maximum absolute atomic E-state index is 14.3. The Morgan fingerprint density at radius 1 is 0.930 bits per heavy atom. The van der Waals surface area contributed by atoms with E-state index in [1.54, 1.807) is 11.8 Å². The zero-order chi connectivity index (χ0) is 29.9. The SMILES string of the molecule is CC(C)(C)CCN1C(=O)C(CC(=O)N2CCC(n3c(=O)[nH]c4ccccc43)CC2)SC12c1ccccc1-c1ccccc12.[HH]. The molecule has 3 aliphatic rings. The summed E-state index contributed by atoms with van der Waals surface area (Å²) in [6.07, 6.45) is 2.47. The summed E-state index contributed by atoms with van der Waals surface area (Å²) in [5.74, 6) is 0.0669. The minimum atomic E-state index is -0.635. The summed E-state index contributed by atoms with van der Waals surface area (Å²) < 4.78 is 1.85. The highest BCUT2D eigenvalue weighted by Crippen LogP contribution is 2.61. The van der Waals surface area contributed by atoms with Gasteiger partial charge in [0, 0.05) is 44.7 Å². The van der Waals surface area contributed by atoms with Crippen LogP contribution in [0, 0.1) is 5.41 Å². The van der Waals surface area contributed by atoms with Gasteiger partial charge in [-0.15, -0.1) is 11.8 Å². The summed E-state index contributed by atoms with van der Waals surface area (Å²) in [5, 5.41) is -0.458. The highest BCUT2D eigenvalue weighted by Gasteiger charge is 2.58. The first kappa shape index (κ1) is 28.0. The van der Waals surface area contributed by atoms with Crippen molar-refractivity contribution in [3.8, 4) is 11.1 Å². The third-order valence-electron chi connectivity index (χ3n) is 9.36. The second-order valence-electron chi connectivity index (χ2n) is 13.3. The maximum atomic E-state index is 14.3. The van der Waals surface area contributed by atoms with E-state index in [1.807, 2.05) is 33.7 Å². The van der Waals surface area contributed by atoms with Crippen molar-refractivity contribution >= 4 is 34.6 Å². The van der Waals surface area contributed by atoms with Crippen LogP contribution in [0.3, 0.4) is 0 Å². The number of likely N-dealkylation sites (tertiary alicyclic amines) is 1. The molecule has 224 valence electrons. The van der Waals surface area contributed by atoms with Gasteiger partial charge >= 0.3 is 5.69 Å². The number of carbonyl (C=O) groups is 2. The lowest BCUT2D eigenvalue weighted by atomic mass is 9.91. The summed E-state index contributed by atoms with van der Waals surface area (Å²) in [6.45, 7) is 8.40. The third kappa shape index (κ3) is 4.62. The van der Waals surface area contributed by atoms with E-state index in [9.17, 15) is 14.4 Å². The zero-order valence-electron chi connectivity index (χ0n) is 25.0. The first-order valence-electron chi connectivity index (χ1n) is 15.3. The first-order chi connectivity index (χ1) is 20.7. The standard InChI is InChI=1S/C35H38N4O3S.H2/c1-34(2,3)18-21-38-32(41)30(43-35(38)26-12-6-4-10-24(26)25-11-5-7-13-27(25)35)22-31(40)37-19-16-23(17-20-37)39-29-15-9-8-14-28(29)36-33(39)42;/h4-15,23,30H,16-22H2,1-3H3,(H,36,42);1H. The van der Waals surface area contributed by atoms with Crippen LogP contribution in [-0.4, -0.2) is 56.0 Å². The number of imidazole rings is 1. The van der Waals surface area contributed by atoms with Crippen molar-refractivity contribution in [2.45, 2.75) is 62.6 Å². The molecule has 7 rings (SSSR count). The van der Waals surface area contributed by atoms with E-state index >= 15 is 0 Å². The van der Waals surface area contributed by atoms with Gasteiger partial charge in [0.1, 0.15) is 4.87 Å². The van der Waals surface area contributed by atoms with Crippen molar-refractivity contribution in [1.29, 1.82) is 0 Å². The van der Waals surface area contributed by atoms with Crippen molar-refractivity contribution in [3.05, 3.63) is 94.4 Å². The molecule has 1 aromatic heterocycles. The van der Waals surface area contributed by atoms with Crippen LogP contribution in [0.5, 0.6) is 0 Å². The van der Waals surface area contributed by atoms with E-state index in [0.29, 0.717) is 32.5 Å². The number of aromatic amines is 1. The lowest BCUT2D eigenvalue weighted by Crippen LogP contribution is -2.44. The molecular formula is C35H40N4O3S. The van der Waals surface area contributed by atoms with Crippen molar-refractivity contribution in [1.82, 2.24) is 19.4 Å². The predicted octanol–water partition coefficient (Wildman–Crippen LogP) is 6.39. The number of nitrogens with zero attached hydrogens (tertiary/aromatic N) is 3. The van der Waals surface area contributed by atoms with E-state index in [1.165, 1.54) is 11.1 Å². The van der Waals surface area contributed by atoms with Crippen LogP contribution in [0.2, 0.25) is 0 Å². The van der Waals surface area contributed by atoms with Crippen LogP contribution in [0.4, 0.5) is 0 Å².